The number of nitrogens with one attached hydrogen (secondary N) is 2. The van der Waals surface area contributed by atoms with Crippen molar-refractivity contribution in [3.8, 4) is 5.69 Å². The fourth-order valence-corrected chi connectivity index (χ4v) is 4.27. The lowest BCUT2D eigenvalue weighted by Crippen LogP contribution is -2.43. The van der Waals surface area contributed by atoms with Gasteiger partial charge in [-0.25, -0.2) is 4.68 Å². The lowest BCUT2D eigenvalue weighted by Gasteiger charge is -2.29. The third kappa shape index (κ3) is 4.27. The van der Waals surface area contributed by atoms with Gasteiger partial charge in [0.2, 0.25) is 5.95 Å². The first-order chi connectivity index (χ1) is 16.5. The highest BCUT2D eigenvalue weighted by Crippen LogP contribution is 2.28. The molecule has 176 valence electrons. The summed E-state index contributed by atoms with van der Waals surface area (Å²) in [7, 11) is 0. The molecule has 34 heavy (non-hydrogen) atoms. The number of rotatable bonds is 7. The van der Waals surface area contributed by atoms with Crippen molar-refractivity contribution in [2.45, 2.75) is 51.2 Å². The van der Waals surface area contributed by atoms with Gasteiger partial charge in [0, 0.05) is 48.3 Å². The Morgan fingerprint density at radius 1 is 1.24 bits per heavy atom. The van der Waals surface area contributed by atoms with Crippen LogP contribution >= 0.6 is 0 Å². The molecule has 0 aliphatic heterocycles. The van der Waals surface area contributed by atoms with E-state index >= 15 is 0 Å². The quantitative estimate of drug-likeness (QED) is 0.321. The van der Waals surface area contributed by atoms with E-state index in [1.165, 1.54) is 0 Å². The number of hydrogen-bond donors (Lipinski definition) is 4. The molecule has 12 nitrogen and oxygen atoms in total. The van der Waals surface area contributed by atoms with Gasteiger partial charge in [-0.1, -0.05) is 12.8 Å². The Hall–Kier alpha value is -4.06. The molecule has 0 bridgehead atoms. The summed E-state index contributed by atoms with van der Waals surface area (Å²) in [4.78, 5) is 16.6. The highest BCUT2D eigenvalue weighted by molar-refractivity contribution is 5.97. The normalized spacial score (nSPS) is 18.2. The smallest absolute Gasteiger partial charge is 0.273 e. The number of primary amides is 1. The summed E-state index contributed by atoms with van der Waals surface area (Å²) < 4.78 is 3.60. The van der Waals surface area contributed by atoms with Gasteiger partial charge in [0.25, 0.3) is 5.91 Å². The molecule has 1 aliphatic carbocycles. The Morgan fingerprint density at radius 3 is 2.82 bits per heavy atom. The number of aromatic nitrogens is 7. The van der Waals surface area contributed by atoms with E-state index in [9.17, 15) is 4.79 Å². The molecule has 2 atom stereocenters. The topological polar surface area (TPSA) is 167 Å². The van der Waals surface area contributed by atoms with Crippen molar-refractivity contribution < 1.29 is 4.79 Å². The van der Waals surface area contributed by atoms with E-state index in [2.05, 4.69) is 36.0 Å². The largest absolute Gasteiger partial charge is 0.364 e. The van der Waals surface area contributed by atoms with Gasteiger partial charge in [0.15, 0.2) is 11.5 Å². The zero-order valence-corrected chi connectivity index (χ0v) is 18.8. The zero-order valence-electron chi connectivity index (χ0n) is 18.8. The maximum absolute atomic E-state index is 12.0. The highest BCUT2D eigenvalue weighted by Gasteiger charge is 2.24. The van der Waals surface area contributed by atoms with E-state index in [-0.39, 0.29) is 23.6 Å². The van der Waals surface area contributed by atoms with Gasteiger partial charge in [-0.05, 0) is 38.0 Å². The second-order valence-corrected chi connectivity index (χ2v) is 8.39. The van der Waals surface area contributed by atoms with Crippen LogP contribution in [0.25, 0.3) is 16.6 Å². The first kappa shape index (κ1) is 21.8. The minimum absolute atomic E-state index is 0.0127. The third-order valence-corrected chi connectivity index (χ3v) is 6.03. The lowest BCUT2D eigenvalue weighted by molar-refractivity contribution is 0.0995. The molecule has 0 radical (unpaired) electrons. The van der Waals surface area contributed by atoms with Gasteiger partial charge in [0.05, 0.1) is 5.69 Å². The number of nitrogens with zero attached hydrogens (tertiary/aromatic N) is 7. The molecule has 0 spiro atoms. The number of aryl methyl sites for hydroxylation is 1. The molecule has 3 aromatic heterocycles. The summed E-state index contributed by atoms with van der Waals surface area (Å²) in [5, 5.41) is 24.5. The predicted molar refractivity (Wildman–Crippen MR) is 128 cm³/mol. The summed E-state index contributed by atoms with van der Waals surface area (Å²) in [5.74, 6) is -0.222. The maximum atomic E-state index is 12.0. The number of fused-ring (bicyclic) bond motifs is 1. The van der Waals surface area contributed by atoms with Gasteiger partial charge in [-0.15, -0.1) is 10.2 Å². The number of nitrogens with two attached hydrogens (primary N) is 2. The van der Waals surface area contributed by atoms with Crippen LogP contribution in [0.5, 0.6) is 0 Å². The molecule has 4 aromatic rings. The summed E-state index contributed by atoms with van der Waals surface area (Å²) in [6, 6.07) is 5.72. The van der Waals surface area contributed by atoms with Crippen LogP contribution in [0.1, 0.15) is 43.1 Å². The van der Waals surface area contributed by atoms with Gasteiger partial charge in [-0.2, -0.15) is 15.2 Å². The highest BCUT2D eigenvalue weighted by atomic mass is 16.1. The second kappa shape index (κ2) is 9.06. The molecule has 5 rings (SSSR count). The first-order valence-corrected chi connectivity index (χ1v) is 11.4. The number of carbonyl (C=O) groups excluding carboxylic acids is 1. The van der Waals surface area contributed by atoms with Crippen molar-refractivity contribution >= 4 is 34.3 Å². The van der Waals surface area contributed by atoms with Crippen LogP contribution < -0.4 is 22.1 Å². The molecular weight excluding hydrogens is 434 g/mol. The van der Waals surface area contributed by atoms with E-state index in [4.69, 9.17) is 11.5 Å². The molecule has 1 aliphatic rings. The van der Waals surface area contributed by atoms with E-state index < -0.39 is 5.91 Å². The molecule has 1 saturated carbocycles. The summed E-state index contributed by atoms with van der Waals surface area (Å²) in [6.07, 6.45) is 9.58. The van der Waals surface area contributed by atoms with Crippen LogP contribution in [-0.2, 0) is 6.54 Å². The van der Waals surface area contributed by atoms with Crippen LogP contribution in [-0.4, -0.2) is 52.7 Å². The van der Waals surface area contributed by atoms with Crippen molar-refractivity contribution in [3.05, 3.63) is 42.5 Å². The molecule has 3 heterocycles. The van der Waals surface area contributed by atoms with Crippen molar-refractivity contribution in [1.82, 2.24) is 34.7 Å². The molecule has 0 saturated heterocycles. The van der Waals surface area contributed by atoms with E-state index in [1.54, 1.807) is 10.9 Å². The van der Waals surface area contributed by atoms with Crippen molar-refractivity contribution in [2.24, 2.45) is 11.5 Å². The molecule has 1 amide bonds. The first-order valence-electron chi connectivity index (χ1n) is 11.4. The van der Waals surface area contributed by atoms with Gasteiger partial charge in [-0.3, -0.25) is 9.48 Å². The second-order valence-electron chi connectivity index (χ2n) is 8.39. The molecule has 0 unspecified atom stereocenters. The SMILES string of the molecule is CCn1cc2cc(Nc3nc(N[C@@H]4CCCC[C@@H]4N)nnc3C(N)=O)cc(-n3cccn3)c2n1. The summed E-state index contributed by atoms with van der Waals surface area (Å²) in [5.41, 5.74) is 14.0. The van der Waals surface area contributed by atoms with Crippen molar-refractivity contribution in [3.63, 3.8) is 0 Å². The van der Waals surface area contributed by atoms with Crippen LogP contribution in [0, 0.1) is 0 Å². The Bertz CT molecular complexity index is 1310. The zero-order chi connectivity index (χ0) is 23.7. The molecule has 12 heteroatoms. The van der Waals surface area contributed by atoms with Crippen LogP contribution in [0.2, 0.25) is 0 Å². The Morgan fingerprint density at radius 2 is 2.09 bits per heavy atom. The monoisotopic (exact) mass is 461 g/mol. The number of hydrogen-bond acceptors (Lipinski definition) is 9. The molecule has 1 aromatic carbocycles. The van der Waals surface area contributed by atoms with E-state index in [1.807, 2.05) is 42.2 Å². The number of benzene rings is 1. The third-order valence-electron chi connectivity index (χ3n) is 6.03. The number of carbonyl (C=O) groups is 1. The predicted octanol–water partition coefficient (Wildman–Crippen LogP) is 1.95. The van der Waals surface area contributed by atoms with E-state index in [0.717, 1.165) is 48.8 Å². The summed E-state index contributed by atoms with van der Waals surface area (Å²) in [6.45, 7) is 2.76. The minimum atomic E-state index is -0.726. The average molecular weight is 462 g/mol. The van der Waals surface area contributed by atoms with Gasteiger partial charge in [0.1, 0.15) is 5.52 Å². The molecule has 6 N–H and O–H groups in total. The Balaban J connectivity index is 1.52. The lowest BCUT2D eigenvalue weighted by atomic mass is 9.91. The van der Waals surface area contributed by atoms with Crippen LogP contribution in [0.4, 0.5) is 17.5 Å². The fraction of sp³-hybridized carbons (Fsp3) is 0.364. The molecular formula is C22H27N11O. The maximum Gasteiger partial charge on any atom is 0.273 e. The van der Waals surface area contributed by atoms with Crippen LogP contribution in [0.3, 0.4) is 0 Å². The molecule has 1 fully saturated rings. The Kier molecular flexibility index (Phi) is 5.80. The number of anilines is 3. The van der Waals surface area contributed by atoms with E-state index in [0.29, 0.717) is 11.6 Å². The average Bonchev–Trinajstić information content (AvgIpc) is 3.50. The number of amides is 1. The fourth-order valence-electron chi connectivity index (χ4n) is 4.27. The van der Waals surface area contributed by atoms with Crippen LogP contribution in [0.15, 0.2) is 36.8 Å². The van der Waals surface area contributed by atoms with Crippen molar-refractivity contribution in [2.75, 3.05) is 10.6 Å². The minimum Gasteiger partial charge on any atom is -0.364 e. The van der Waals surface area contributed by atoms with Crippen molar-refractivity contribution in [1.29, 1.82) is 0 Å². The van der Waals surface area contributed by atoms with Gasteiger partial charge >= 0.3 is 0 Å². The standard InChI is InChI=1S/C22H27N11O/c1-2-32-12-13-10-14(11-17(18(13)31-32)33-9-5-8-25-33)26-21-19(20(24)34)29-30-22(28-21)27-16-7-4-3-6-15(16)23/h5,8-12,15-16H,2-4,6-7,23H2,1H3,(H2,24,34)(H2,26,27,28,30)/t15-,16+/m0/s1. The Labute approximate surface area is 195 Å². The summed E-state index contributed by atoms with van der Waals surface area (Å²) >= 11 is 0. The van der Waals surface area contributed by atoms with Gasteiger partial charge < -0.3 is 22.1 Å².